The van der Waals surface area contributed by atoms with E-state index in [9.17, 15) is 0 Å². The largest absolute Gasteiger partial charge is 0.369 e. The van der Waals surface area contributed by atoms with Gasteiger partial charge in [0.15, 0.2) is 0 Å². The Balaban J connectivity index is 1.92. The van der Waals surface area contributed by atoms with E-state index in [-0.39, 0.29) is 5.41 Å². The molecule has 3 heteroatoms. The Labute approximate surface area is 122 Å². The average Bonchev–Trinajstić information content (AvgIpc) is 2.98. The number of hydrogen-bond donors (Lipinski definition) is 1. The van der Waals surface area contributed by atoms with Crippen LogP contribution >= 0.6 is 0 Å². The molecule has 1 heterocycles. The van der Waals surface area contributed by atoms with E-state index in [1.54, 1.807) is 0 Å². The lowest BCUT2D eigenvalue weighted by Gasteiger charge is -2.38. The molecule has 1 aliphatic heterocycles. The molecule has 1 saturated heterocycles. The molecule has 1 saturated carbocycles. The fourth-order valence-electron chi connectivity index (χ4n) is 3.88. The lowest BCUT2D eigenvalue weighted by molar-refractivity contribution is 0.312. The van der Waals surface area contributed by atoms with Gasteiger partial charge in [-0.2, -0.15) is 0 Å². The number of nitrogens with two attached hydrogens (primary N) is 1. The van der Waals surface area contributed by atoms with Crippen molar-refractivity contribution in [2.24, 2.45) is 5.73 Å². The van der Waals surface area contributed by atoms with Gasteiger partial charge in [-0.25, -0.2) is 0 Å². The number of para-hydroxylation sites is 1. The Morgan fingerprint density at radius 1 is 1.05 bits per heavy atom. The van der Waals surface area contributed by atoms with Crippen molar-refractivity contribution >= 4 is 5.69 Å². The molecule has 3 rings (SSSR count). The summed E-state index contributed by atoms with van der Waals surface area (Å²) in [5.41, 5.74) is 9.37. The van der Waals surface area contributed by atoms with Crippen LogP contribution in [0.5, 0.6) is 0 Å². The summed E-state index contributed by atoms with van der Waals surface area (Å²) in [6.07, 6.45) is 5.17. The molecular formula is C17H27N3. The van der Waals surface area contributed by atoms with E-state index >= 15 is 0 Å². The molecule has 2 fully saturated rings. The molecule has 1 aromatic rings. The molecule has 1 aromatic carbocycles. The van der Waals surface area contributed by atoms with Gasteiger partial charge in [-0.15, -0.1) is 0 Å². The number of hydrogen-bond acceptors (Lipinski definition) is 3. The number of nitrogens with zero attached hydrogens (tertiary/aromatic N) is 2. The zero-order valence-electron chi connectivity index (χ0n) is 12.6. The zero-order valence-corrected chi connectivity index (χ0v) is 12.6. The van der Waals surface area contributed by atoms with Crippen LogP contribution in [0.1, 0.15) is 31.2 Å². The third-order valence-corrected chi connectivity index (χ3v) is 5.27. The van der Waals surface area contributed by atoms with Gasteiger partial charge >= 0.3 is 0 Å². The SMILES string of the molecule is CN1CCN(c2ccccc2C2(CN)CCCC2)CC1. The maximum Gasteiger partial charge on any atom is 0.0405 e. The van der Waals surface area contributed by atoms with Crippen molar-refractivity contribution < 1.29 is 0 Å². The van der Waals surface area contributed by atoms with E-state index in [1.807, 2.05) is 0 Å². The molecule has 3 nitrogen and oxygen atoms in total. The van der Waals surface area contributed by atoms with Crippen LogP contribution in [0.15, 0.2) is 24.3 Å². The number of rotatable bonds is 3. The van der Waals surface area contributed by atoms with Gasteiger partial charge in [-0.3, -0.25) is 0 Å². The van der Waals surface area contributed by atoms with Gasteiger partial charge in [-0.1, -0.05) is 31.0 Å². The average molecular weight is 273 g/mol. The Morgan fingerprint density at radius 2 is 1.70 bits per heavy atom. The van der Waals surface area contributed by atoms with E-state index in [1.165, 1.54) is 36.9 Å². The number of likely N-dealkylation sites (N-methyl/N-ethyl adjacent to an activating group) is 1. The highest BCUT2D eigenvalue weighted by Gasteiger charge is 2.36. The lowest BCUT2D eigenvalue weighted by Crippen LogP contribution is -2.45. The lowest BCUT2D eigenvalue weighted by atomic mass is 9.78. The number of benzene rings is 1. The topological polar surface area (TPSA) is 32.5 Å². The van der Waals surface area contributed by atoms with Crippen molar-refractivity contribution in [1.29, 1.82) is 0 Å². The first-order valence-corrected chi connectivity index (χ1v) is 7.98. The molecule has 0 spiro atoms. The maximum absolute atomic E-state index is 6.19. The third kappa shape index (κ3) is 2.45. The maximum atomic E-state index is 6.19. The van der Waals surface area contributed by atoms with Crippen LogP contribution in [0, 0.1) is 0 Å². The quantitative estimate of drug-likeness (QED) is 0.916. The molecule has 0 unspecified atom stereocenters. The van der Waals surface area contributed by atoms with Gasteiger partial charge < -0.3 is 15.5 Å². The molecule has 2 aliphatic rings. The van der Waals surface area contributed by atoms with E-state index in [4.69, 9.17) is 5.73 Å². The van der Waals surface area contributed by atoms with Crippen LogP contribution < -0.4 is 10.6 Å². The van der Waals surface area contributed by atoms with Crippen LogP contribution in [-0.2, 0) is 5.41 Å². The van der Waals surface area contributed by atoms with Crippen molar-refractivity contribution in [1.82, 2.24) is 4.90 Å². The summed E-state index contributed by atoms with van der Waals surface area (Å²) < 4.78 is 0. The van der Waals surface area contributed by atoms with E-state index in [0.717, 1.165) is 32.7 Å². The Bertz CT molecular complexity index is 443. The number of piperazine rings is 1. The number of anilines is 1. The third-order valence-electron chi connectivity index (χ3n) is 5.27. The van der Waals surface area contributed by atoms with Gasteiger partial charge in [-0.05, 0) is 31.5 Å². The van der Waals surface area contributed by atoms with Crippen LogP contribution in [-0.4, -0.2) is 44.7 Å². The fourth-order valence-corrected chi connectivity index (χ4v) is 3.88. The molecule has 0 aromatic heterocycles. The molecule has 0 atom stereocenters. The summed E-state index contributed by atoms with van der Waals surface area (Å²) in [4.78, 5) is 4.97. The summed E-state index contributed by atoms with van der Waals surface area (Å²) in [5, 5.41) is 0. The summed E-state index contributed by atoms with van der Waals surface area (Å²) in [5.74, 6) is 0. The van der Waals surface area contributed by atoms with Crippen molar-refractivity contribution in [3.8, 4) is 0 Å². The molecule has 0 amide bonds. The molecule has 110 valence electrons. The first kappa shape index (κ1) is 13.9. The Morgan fingerprint density at radius 3 is 2.35 bits per heavy atom. The van der Waals surface area contributed by atoms with Crippen molar-refractivity contribution in [3.63, 3.8) is 0 Å². The highest BCUT2D eigenvalue weighted by atomic mass is 15.2. The minimum Gasteiger partial charge on any atom is -0.369 e. The van der Waals surface area contributed by atoms with Gasteiger partial charge in [0.1, 0.15) is 0 Å². The van der Waals surface area contributed by atoms with Crippen LogP contribution in [0.2, 0.25) is 0 Å². The second-order valence-corrected chi connectivity index (χ2v) is 6.50. The fraction of sp³-hybridized carbons (Fsp3) is 0.647. The smallest absolute Gasteiger partial charge is 0.0405 e. The van der Waals surface area contributed by atoms with Crippen LogP contribution in [0.3, 0.4) is 0 Å². The minimum absolute atomic E-state index is 0.236. The summed E-state index contributed by atoms with van der Waals surface area (Å²) in [6, 6.07) is 8.99. The highest BCUT2D eigenvalue weighted by Crippen LogP contribution is 2.44. The second-order valence-electron chi connectivity index (χ2n) is 6.50. The van der Waals surface area contributed by atoms with E-state index < -0.39 is 0 Å². The highest BCUT2D eigenvalue weighted by molar-refractivity contribution is 5.57. The van der Waals surface area contributed by atoms with Gasteiger partial charge in [0.05, 0.1) is 0 Å². The normalized spacial score (nSPS) is 23.2. The predicted octanol–water partition coefficient (Wildman–Crippen LogP) is 2.21. The monoisotopic (exact) mass is 273 g/mol. The van der Waals surface area contributed by atoms with Crippen molar-refractivity contribution in [2.75, 3.05) is 44.7 Å². The summed E-state index contributed by atoms with van der Waals surface area (Å²) in [7, 11) is 2.21. The standard InChI is InChI=1S/C17H27N3/c1-19-10-12-20(13-11-19)16-7-3-2-6-15(16)17(14-18)8-4-5-9-17/h2-3,6-7H,4-5,8-14,18H2,1H3. The van der Waals surface area contributed by atoms with Gasteiger partial charge in [0, 0.05) is 43.8 Å². The molecule has 1 aliphatic carbocycles. The molecule has 0 bridgehead atoms. The second kappa shape index (κ2) is 5.74. The zero-order chi connectivity index (χ0) is 14.0. The Hall–Kier alpha value is -1.06. The van der Waals surface area contributed by atoms with Gasteiger partial charge in [0.2, 0.25) is 0 Å². The first-order valence-electron chi connectivity index (χ1n) is 7.98. The Kier molecular flexibility index (Phi) is 3.99. The first-order chi connectivity index (χ1) is 9.75. The van der Waals surface area contributed by atoms with E-state index in [0.29, 0.717) is 0 Å². The molecule has 20 heavy (non-hydrogen) atoms. The summed E-state index contributed by atoms with van der Waals surface area (Å²) in [6.45, 7) is 5.37. The van der Waals surface area contributed by atoms with Crippen LogP contribution in [0.25, 0.3) is 0 Å². The van der Waals surface area contributed by atoms with Crippen molar-refractivity contribution in [3.05, 3.63) is 29.8 Å². The molecule has 2 N–H and O–H groups in total. The summed E-state index contributed by atoms with van der Waals surface area (Å²) >= 11 is 0. The van der Waals surface area contributed by atoms with Gasteiger partial charge in [0.25, 0.3) is 0 Å². The molecular weight excluding hydrogens is 246 g/mol. The minimum atomic E-state index is 0.236. The van der Waals surface area contributed by atoms with E-state index in [2.05, 4.69) is 41.1 Å². The van der Waals surface area contributed by atoms with Crippen LogP contribution in [0.4, 0.5) is 5.69 Å². The molecule has 0 radical (unpaired) electrons. The van der Waals surface area contributed by atoms with Crippen molar-refractivity contribution in [2.45, 2.75) is 31.1 Å². The predicted molar refractivity (Wildman–Crippen MR) is 85.4 cm³/mol.